The van der Waals surface area contributed by atoms with Crippen LogP contribution in [0.25, 0.3) is 0 Å². The molecule has 0 saturated heterocycles. The number of phosphoric ester groups is 1. The minimum Gasteiger partial charge on any atom is -0.480 e. The Hall–Kier alpha value is -1.55. The third-order valence-electron chi connectivity index (χ3n) is 8.98. The average Bonchev–Trinajstić information content (AvgIpc) is 3.12. The van der Waals surface area contributed by atoms with Crippen molar-refractivity contribution in [3.05, 3.63) is 24.3 Å². The van der Waals surface area contributed by atoms with E-state index in [9.17, 15) is 19.0 Å². The third-order valence-corrected chi connectivity index (χ3v) is 9.93. The van der Waals surface area contributed by atoms with Crippen LogP contribution in [0.15, 0.2) is 24.3 Å². The van der Waals surface area contributed by atoms with Crippen molar-refractivity contribution in [2.24, 2.45) is 5.73 Å². The van der Waals surface area contributed by atoms with Crippen LogP contribution in [0.2, 0.25) is 0 Å². The van der Waals surface area contributed by atoms with Crippen LogP contribution in [-0.2, 0) is 32.7 Å². The summed E-state index contributed by atoms with van der Waals surface area (Å²) < 4.78 is 33.3. The standard InChI is InChI=1S/C41H78NO9P/c1-3-5-7-9-11-13-15-16-17-18-19-20-21-22-24-26-28-30-32-34-48-35-38(36-49-52(46,47)50-37-39(42)41(44)45)51-40(43)33-31-29-27-25-23-14-12-10-8-6-4-2/h13,15,17-18,38-39H,3-12,14,16,19-37,42H2,1-2H3,(H,44,45)(H,46,47)/b15-13-,18-17-. The highest BCUT2D eigenvalue weighted by Gasteiger charge is 2.27. The summed E-state index contributed by atoms with van der Waals surface area (Å²) >= 11 is 0. The monoisotopic (exact) mass is 760 g/mol. The summed E-state index contributed by atoms with van der Waals surface area (Å²) in [5, 5.41) is 8.87. The number of phosphoric acid groups is 1. The predicted molar refractivity (Wildman–Crippen MR) is 212 cm³/mol. The van der Waals surface area contributed by atoms with Gasteiger partial charge in [0.05, 0.1) is 19.8 Å². The van der Waals surface area contributed by atoms with Crippen LogP contribution in [0.1, 0.15) is 187 Å². The zero-order chi connectivity index (χ0) is 38.4. The Balaban J connectivity index is 4.21. The lowest BCUT2D eigenvalue weighted by Crippen LogP contribution is -2.34. The molecule has 10 nitrogen and oxygen atoms in total. The predicted octanol–water partition coefficient (Wildman–Crippen LogP) is 11.1. The highest BCUT2D eigenvalue weighted by atomic mass is 31.2. The average molecular weight is 760 g/mol. The van der Waals surface area contributed by atoms with Gasteiger partial charge in [-0.15, -0.1) is 0 Å². The van der Waals surface area contributed by atoms with Gasteiger partial charge in [-0.25, -0.2) is 4.57 Å². The molecule has 0 aromatic heterocycles. The lowest BCUT2D eigenvalue weighted by atomic mass is 10.1. The summed E-state index contributed by atoms with van der Waals surface area (Å²) in [6, 6.07) is -1.47. The van der Waals surface area contributed by atoms with E-state index in [0.29, 0.717) is 13.0 Å². The summed E-state index contributed by atoms with van der Waals surface area (Å²) in [7, 11) is -4.61. The van der Waals surface area contributed by atoms with Crippen molar-refractivity contribution < 1.29 is 42.7 Å². The second-order valence-corrected chi connectivity index (χ2v) is 15.6. The number of aliphatic carboxylic acids is 1. The Morgan fingerprint density at radius 3 is 1.58 bits per heavy atom. The number of hydrogen-bond donors (Lipinski definition) is 3. The lowest BCUT2D eigenvalue weighted by Gasteiger charge is -2.20. The zero-order valence-electron chi connectivity index (χ0n) is 33.2. The van der Waals surface area contributed by atoms with Gasteiger partial charge in [0.15, 0.2) is 0 Å². The van der Waals surface area contributed by atoms with Crippen LogP contribution in [0.4, 0.5) is 0 Å². The summed E-state index contributed by atoms with van der Waals surface area (Å²) in [4.78, 5) is 33.4. The van der Waals surface area contributed by atoms with E-state index in [-0.39, 0.29) is 13.0 Å². The minimum absolute atomic E-state index is 0.0163. The van der Waals surface area contributed by atoms with Gasteiger partial charge in [0.1, 0.15) is 12.1 Å². The maximum Gasteiger partial charge on any atom is 0.472 e. The van der Waals surface area contributed by atoms with Crippen molar-refractivity contribution in [1.82, 2.24) is 0 Å². The number of carboxylic acids is 1. The highest BCUT2D eigenvalue weighted by Crippen LogP contribution is 2.43. The maximum absolute atomic E-state index is 12.6. The zero-order valence-corrected chi connectivity index (χ0v) is 34.1. The lowest BCUT2D eigenvalue weighted by molar-refractivity contribution is -0.154. The fraction of sp³-hybridized carbons (Fsp3) is 0.854. The van der Waals surface area contributed by atoms with Crippen LogP contribution >= 0.6 is 7.82 Å². The molecule has 0 amide bonds. The molecule has 0 aliphatic heterocycles. The fourth-order valence-corrected chi connectivity index (χ4v) is 6.47. The van der Waals surface area contributed by atoms with E-state index >= 15 is 0 Å². The number of carboxylic acid groups (broad SMARTS) is 1. The third kappa shape index (κ3) is 36.8. The van der Waals surface area contributed by atoms with Crippen LogP contribution in [0.5, 0.6) is 0 Å². The molecular weight excluding hydrogens is 681 g/mol. The van der Waals surface area contributed by atoms with Gasteiger partial charge in [0.2, 0.25) is 0 Å². The molecule has 0 radical (unpaired) electrons. The smallest absolute Gasteiger partial charge is 0.472 e. The number of carbonyl (C=O) groups excluding carboxylic acids is 1. The number of esters is 1. The van der Waals surface area contributed by atoms with Crippen LogP contribution < -0.4 is 5.73 Å². The molecule has 0 rings (SSSR count). The fourth-order valence-electron chi connectivity index (χ4n) is 5.69. The molecule has 0 bridgehead atoms. The largest absolute Gasteiger partial charge is 0.480 e. The van der Waals surface area contributed by atoms with Gasteiger partial charge in [-0.1, -0.05) is 160 Å². The van der Waals surface area contributed by atoms with Gasteiger partial charge in [-0.3, -0.25) is 18.6 Å². The van der Waals surface area contributed by atoms with Crippen molar-refractivity contribution >= 4 is 19.8 Å². The molecule has 0 heterocycles. The van der Waals surface area contributed by atoms with E-state index in [1.165, 1.54) is 116 Å². The quantitative estimate of drug-likeness (QED) is 0.0238. The number of unbranched alkanes of at least 4 members (excludes halogenated alkanes) is 22. The molecule has 3 atom stereocenters. The van der Waals surface area contributed by atoms with Gasteiger partial charge in [0.25, 0.3) is 0 Å². The SMILES string of the molecule is CCCCCC/C=C\C/C=C\CCCCCCCCCCOCC(COP(=O)(O)OCC(N)C(=O)O)OC(=O)CCCCCCCCCCCCC. The second kappa shape index (κ2) is 37.8. The second-order valence-electron chi connectivity index (χ2n) is 14.1. The molecule has 306 valence electrons. The number of ether oxygens (including phenoxy) is 2. The van der Waals surface area contributed by atoms with E-state index in [1.54, 1.807) is 0 Å². The van der Waals surface area contributed by atoms with E-state index in [1.807, 2.05) is 0 Å². The van der Waals surface area contributed by atoms with Gasteiger partial charge in [-0.05, 0) is 44.9 Å². The number of hydrogen-bond acceptors (Lipinski definition) is 8. The normalized spacial score (nSPS) is 14.2. The maximum atomic E-state index is 12.6. The van der Waals surface area contributed by atoms with E-state index in [2.05, 4.69) is 38.2 Å². The van der Waals surface area contributed by atoms with Crippen LogP contribution in [-0.4, -0.2) is 60.5 Å². The van der Waals surface area contributed by atoms with Crippen molar-refractivity contribution in [3.63, 3.8) is 0 Å². The molecule has 0 fully saturated rings. The molecule has 52 heavy (non-hydrogen) atoms. The molecule has 3 unspecified atom stereocenters. The Bertz CT molecular complexity index is 930. The highest BCUT2D eigenvalue weighted by molar-refractivity contribution is 7.47. The van der Waals surface area contributed by atoms with E-state index < -0.39 is 45.1 Å². The number of rotatable bonds is 40. The van der Waals surface area contributed by atoms with Gasteiger partial charge in [0, 0.05) is 13.0 Å². The molecule has 4 N–H and O–H groups in total. The van der Waals surface area contributed by atoms with Crippen molar-refractivity contribution in [3.8, 4) is 0 Å². The summed E-state index contributed by atoms with van der Waals surface area (Å²) in [6.07, 6.45) is 39.4. The number of nitrogens with two attached hydrogens (primary N) is 1. The van der Waals surface area contributed by atoms with Gasteiger partial charge >= 0.3 is 19.8 Å². The molecular formula is C41H78NO9P. The van der Waals surface area contributed by atoms with Crippen molar-refractivity contribution in [1.29, 1.82) is 0 Å². The number of carbonyl (C=O) groups is 2. The molecule has 0 aliphatic rings. The summed E-state index contributed by atoms with van der Waals surface area (Å²) in [5.41, 5.74) is 5.34. The first-order valence-corrected chi connectivity index (χ1v) is 22.4. The Morgan fingerprint density at radius 1 is 0.615 bits per heavy atom. The molecule has 0 aliphatic carbocycles. The molecule has 0 aromatic rings. The first-order chi connectivity index (χ1) is 25.2. The molecule has 0 spiro atoms. The van der Waals surface area contributed by atoms with Gasteiger partial charge in [-0.2, -0.15) is 0 Å². The van der Waals surface area contributed by atoms with Crippen molar-refractivity contribution in [2.75, 3.05) is 26.4 Å². The number of allylic oxidation sites excluding steroid dienone is 4. The molecule has 0 saturated carbocycles. The Morgan fingerprint density at radius 2 is 1.06 bits per heavy atom. The van der Waals surface area contributed by atoms with Gasteiger partial charge < -0.3 is 25.2 Å². The van der Waals surface area contributed by atoms with E-state index in [0.717, 1.165) is 44.9 Å². The molecule has 11 heteroatoms. The Kier molecular flexibility index (Phi) is 36.6. The molecule has 0 aromatic carbocycles. The minimum atomic E-state index is -4.61. The Labute approximate surface area is 317 Å². The first kappa shape index (κ1) is 50.5. The van der Waals surface area contributed by atoms with Crippen LogP contribution in [0, 0.1) is 0 Å². The summed E-state index contributed by atoms with van der Waals surface area (Å²) in [6.45, 7) is 3.85. The van der Waals surface area contributed by atoms with E-state index in [4.69, 9.17) is 29.4 Å². The van der Waals surface area contributed by atoms with Crippen LogP contribution in [0.3, 0.4) is 0 Å². The first-order valence-electron chi connectivity index (χ1n) is 20.9. The topological polar surface area (TPSA) is 155 Å². The van der Waals surface area contributed by atoms with Crippen molar-refractivity contribution in [2.45, 2.75) is 199 Å². The summed E-state index contributed by atoms with van der Waals surface area (Å²) in [5.74, 6) is -1.78.